The summed E-state index contributed by atoms with van der Waals surface area (Å²) in [5, 5.41) is 2.97. The van der Waals surface area contributed by atoms with Crippen molar-refractivity contribution in [3.8, 4) is 11.1 Å². The van der Waals surface area contributed by atoms with Crippen molar-refractivity contribution in [2.24, 2.45) is 0 Å². The lowest BCUT2D eigenvalue weighted by Gasteiger charge is -2.32. The van der Waals surface area contributed by atoms with E-state index < -0.39 is 0 Å². The standard InChI is InChI=1S/C30H31BrN4O2/c1-19-18-35(15-7-14-34-12-5-6-13-34)30(37)27-26(20-8-3-2-4-9-20)25(32-28(19)27)17-23-22-16-21(31)10-11-24(22)33-29(23)36/h2-4,8-11,16-17,19,32H,5-7,12-15,18H2,1H3,(H,33,36). The second-order valence-electron chi connectivity index (χ2n) is 10.3. The van der Waals surface area contributed by atoms with Gasteiger partial charge in [0.2, 0.25) is 0 Å². The molecule has 0 radical (unpaired) electrons. The first-order chi connectivity index (χ1) is 18.0. The van der Waals surface area contributed by atoms with Crippen LogP contribution in [0.25, 0.3) is 22.8 Å². The van der Waals surface area contributed by atoms with Crippen LogP contribution in [0.1, 0.15) is 59.4 Å². The lowest BCUT2D eigenvalue weighted by atomic mass is 9.91. The highest BCUT2D eigenvalue weighted by Crippen LogP contribution is 2.41. The number of aromatic amines is 1. The van der Waals surface area contributed by atoms with Crippen molar-refractivity contribution in [3.05, 3.63) is 75.5 Å². The molecule has 7 heteroatoms. The molecule has 3 aliphatic rings. The molecular weight excluding hydrogens is 528 g/mol. The molecule has 0 bridgehead atoms. The average Bonchev–Trinajstić information content (AvgIpc) is 3.62. The van der Waals surface area contributed by atoms with Crippen LogP contribution in [0.15, 0.2) is 53.0 Å². The highest BCUT2D eigenvalue weighted by molar-refractivity contribution is 9.10. The first-order valence-corrected chi connectivity index (χ1v) is 13.9. The number of anilines is 1. The number of nitrogens with one attached hydrogen (secondary N) is 2. The molecule has 0 spiro atoms. The van der Waals surface area contributed by atoms with Gasteiger partial charge in [0.25, 0.3) is 11.8 Å². The van der Waals surface area contributed by atoms with Gasteiger partial charge in [-0.05, 0) is 68.7 Å². The molecule has 2 amide bonds. The van der Waals surface area contributed by atoms with Gasteiger partial charge in [0, 0.05) is 51.7 Å². The zero-order valence-electron chi connectivity index (χ0n) is 21.0. The maximum atomic E-state index is 13.9. The maximum Gasteiger partial charge on any atom is 0.256 e. The van der Waals surface area contributed by atoms with Gasteiger partial charge in [0.1, 0.15) is 0 Å². The number of carbonyl (C=O) groups excluding carboxylic acids is 2. The summed E-state index contributed by atoms with van der Waals surface area (Å²) in [5.74, 6) is 0.115. The van der Waals surface area contributed by atoms with E-state index in [4.69, 9.17) is 0 Å². The molecule has 3 aliphatic heterocycles. The van der Waals surface area contributed by atoms with Crippen LogP contribution < -0.4 is 5.32 Å². The first kappa shape index (κ1) is 24.2. The number of benzene rings is 2. The minimum atomic E-state index is -0.136. The molecule has 3 aromatic rings. The second kappa shape index (κ2) is 9.95. The van der Waals surface area contributed by atoms with Crippen LogP contribution in [0.3, 0.4) is 0 Å². The van der Waals surface area contributed by atoms with Gasteiger partial charge in [-0.1, -0.05) is 53.2 Å². The lowest BCUT2D eigenvalue weighted by Crippen LogP contribution is -2.40. The molecule has 2 N–H and O–H groups in total. The number of aromatic nitrogens is 1. The molecular formula is C30H31BrN4O2. The van der Waals surface area contributed by atoms with Crippen molar-refractivity contribution in [1.29, 1.82) is 0 Å². The highest BCUT2D eigenvalue weighted by atomic mass is 79.9. The van der Waals surface area contributed by atoms with Gasteiger partial charge in [-0.25, -0.2) is 0 Å². The average molecular weight is 560 g/mol. The summed E-state index contributed by atoms with van der Waals surface area (Å²) in [4.78, 5) is 35.0. The van der Waals surface area contributed by atoms with Crippen molar-refractivity contribution >= 4 is 45.1 Å². The van der Waals surface area contributed by atoms with Crippen molar-refractivity contribution in [1.82, 2.24) is 14.8 Å². The Bertz CT molecular complexity index is 1390. The Labute approximate surface area is 225 Å². The second-order valence-corrected chi connectivity index (χ2v) is 11.2. The molecule has 1 aromatic heterocycles. The Morgan fingerprint density at radius 1 is 1.03 bits per heavy atom. The van der Waals surface area contributed by atoms with E-state index in [1.165, 1.54) is 25.9 Å². The third-order valence-electron chi connectivity index (χ3n) is 7.76. The number of rotatable bonds is 6. The molecule has 1 unspecified atom stereocenters. The van der Waals surface area contributed by atoms with E-state index in [2.05, 4.69) is 38.1 Å². The third-order valence-corrected chi connectivity index (χ3v) is 8.26. The van der Waals surface area contributed by atoms with Gasteiger partial charge < -0.3 is 20.1 Å². The monoisotopic (exact) mass is 558 g/mol. The topological polar surface area (TPSA) is 68.4 Å². The Hall–Kier alpha value is -3.16. The van der Waals surface area contributed by atoms with Crippen LogP contribution in [0.4, 0.5) is 5.69 Å². The van der Waals surface area contributed by atoms with E-state index >= 15 is 0 Å². The van der Waals surface area contributed by atoms with Crippen molar-refractivity contribution in [3.63, 3.8) is 0 Å². The Morgan fingerprint density at radius 2 is 1.81 bits per heavy atom. The Kier molecular flexibility index (Phi) is 6.51. The zero-order chi connectivity index (χ0) is 25.5. The maximum absolute atomic E-state index is 13.9. The number of hydrogen-bond acceptors (Lipinski definition) is 3. The summed E-state index contributed by atoms with van der Waals surface area (Å²) < 4.78 is 0.913. The zero-order valence-corrected chi connectivity index (χ0v) is 22.6. The molecule has 2 aromatic carbocycles. The molecule has 4 heterocycles. The minimum Gasteiger partial charge on any atom is -0.357 e. The first-order valence-electron chi connectivity index (χ1n) is 13.2. The third kappa shape index (κ3) is 4.55. The quantitative estimate of drug-likeness (QED) is 0.365. The minimum absolute atomic E-state index is 0.0771. The summed E-state index contributed by atoms with van der Waals surface area (Å²) in [6, 6.07) is 15.8. The van der Waals surface area contributed by atoms with E-state index in [-0.39, 0.29) is 17.7 Å². The number of hydrogen-bond donors (Lipinski definition) is 2. The SMILES string of the molecule is CC1CN(CCCN2CCCC2)C(=O)c2c1[nH]c(C=C1C(=O)Nc3ccc(Br)cc31)c2-c1ccccc1. The van der Waals surface area contributed by atoms with Gasteiger partial charge in [-0.15, -0.1) is 0 Å². The highest BCUT2D eigenvalue weighted by Gasteiger charge is 2.35. The molecule has 6 nitrogen and oxygen atoms in total. The van der Waals surface area contributed by atoms with Crippen molar-refractivity contribution < 1.29 is 9.59 Å². The van der Waals surface area contributed by atoms with Crippen LogP contribution >= 0.6 is 15.9 Å². The van der Waals surface area contributed by atoms with E-state index in [0.717, 1.165) is 63.3 Å². The molecule has 0 aliphatic carbocycles. The van der Waals surface area contributed by atoms with E-state index in [0.29, 0.717) is 12.1 Å². The summed E-state index contributed by atoms with van der Waals surface area (Å²) in [6.45, 7) is 7.04. The number of likely N-dealkylation sites (tertiary alicyclic amines) is 1. The molecule has 190 valence electrons. The number of halogens is 1. The van der Waals surface area contributed by atoms with Gasteiger partial charge in [-0.3, -0.25) is 9.59 Å². The van der Waals surface area contributed by atoms with Gasteiger partial charge in [0.15, 0.2) is 0 Å². The summed E-state index contributed by atoms with van der Waals surface area (Å²) in [5.41, 5.74) is 6.59. The fourth-order valence-electron chi connectivity index (χ4n) is 5.94. The molecule has 37 heavy (non-hydrogen) atoms. The van der Waals surface area contributed by atoms with Crippen molar-refractivity contribution in [2.75, 3.05) is 38.0 Å². The van der Waals surface area contributed by atoms with Gasteiger partial charge >= 0.3 is 0 Å². The summed E-state index contributed by atoms with van der Waals surface area (Å²) in [6.07, 6.45) is 5.46. The predicted molar refractivity (Wildman–Crippen MR) is 151 cm³/mol. The number of H-pyrrole nitrogens is 1. The fraction of sp³-hybridized carbons (Fsp3) is 0.333. The number of nitrogens with zero attached hydrogens (tertiary/aromatic N) is 2. The van der Waals surface area contributed by atoms with Crippen LogP contribution in [0.5, 0.6) is 0 Å². The fourth-order valence-corrected chi connectivity index (χ4v) is 6.30. The molecule has 1 atom stereocenters. The largest absolute Gasteiger partial charge is 0.357 e. The summed E-state index contributed by atoms with van der Waals surface area (Å²) in [7, 11) is 0. The van der Waals surface area contributed by atoms with Gasteiger partial charge in [0.05, 0.1) is 11.1 Å². The summed E-state index contributed by atoms with van der Waals surface area (Å²) >= 11 is 3.53. The van der Waals surface area contributed by atoms with E-state index in [1.807, 2.05) is 59.5 Å². The van der Waals surface area contributed by atoms with Crippen molar-refractivity contribution in [2.45, 2.75) is 32.1 Å². The lowest BCUT2D eigenvalue weighted by molar-refractivity contribution is -0.110. The normalized spacial score (nSPS) is 20.4. The number of fused-ring (bicyclic) bond motifs is 2. The van der Waals surface area contributed by atoms with E-state index in [9.17, 15) is 9.59 Å². The number of carbonyl (C=O) groups is 2. The molecule has 1 fully saturated rings. The Morgan fingerprint density at radius 3 is 2.59 bits per heavy atom. The molecule has 1 saturated heterocycles. The molecule has 0 saturated carbocycles. The smallest absolute Gasteiger partial charge is 0.256 e. The predicted octanol–water partition coefficient (Wildman–Crippen LogP) is 5.98. The van der Waals surface area contributed by atoms with Crippen LogP contribution in [0, 0.1) is 0 Å². The number of amides is 2. The van der Waals surface area contributed by atoms with Crippen LogP contribution in [0.2, 0.25) is 0 Å². The van der Waals surface area contributed by atoms with E-state index in [1.54, 1.807) is 0 Å². The van der Waals surface area contributed by atoms with Crippen LogP contribution in [-0.2, 0) is 4.79 Å². The van der Waals surface area contributed by atoms with Gasteiger partial charge in [-0.2, -0.15) is 0 Å². The Balaban J connectivity index is 1.40. The van der Waals surface area contributed by atoms with Crippen LogP contribution in [-0.4, -0.2) is 59.3 Å². The molecule has 6 rings (SSSR count).